The summed E-state index contributed by atoms with van der Waals surface area (Å²) in [4.78, 5) is 35.3. The van der Waals surface area contributed by atoms with Crippen molar-refractivity contribution >= 4 is 11.6 Å². The Kier molecular flexibility index (Phi) is 22.3. The summed E-state index contributed by atoms with van der Waals surface area (Å²) in [6.07, 6.45) is 0. The van der Waals surface area contributed by atoms with Crippen molar-refractivity contribution in [2.45, 2.75) is 65.5 Å². The van der Waals surface area contributed by atoms with E-state index in [9.17, 15) is 10.2 Å². The molecule has 2 aliphatic carbocycles. The molecule has 0 atom stereocenters. The Hall–Kier alpha value is -8.33. The third kappa shape index (κ3) is 13.2. The van der Waals surface area contributed by atoms with E-state index in [0.29, 0.717) is 59.6 Å². The number of rotatable bonds is 13. The summed E-state index contributed by atoms with van der Waals surface area (Å²) in [6, 6.07) is 78.7. The number of phenols is 2. The number of ketones is 2. The molecule has 0 saturated carbocycles. The molecule has 2 N–H and O–H groups in total. The molecule has 0 saturated heterocycles. The molecule has 0 heterocycles. The number of Topliss-reactive ketones (excluding diaryl/α,β-unsaturated/α-hetero) is 2. The van der Waals surface area contributed by atoms with Crippen LogP contribution in [0.4, 0.5) is 0 Å². The second-order valence-electron chi connectivity index (χ2n) is 21.2. The average Bonchev–Trinajstić information content (AvgIpc) is 1.63. The fourth-order valence-corrected chi connectivity index (χ4v) is 11.9. The molecule has 6 nitrogen and oxygen atoms in total. The van der Waals surface area contributed by atoms with Gasteiger partial charge in [-0.15, -0.1) is 24.3 Å². The number of carbonyl (C=O) groups is 2. The van der Waals surface area contributed by atoms with Gasteiger partial charge < -0.3 is 15.1 Å². The molecular formula is C78H78HfN2O4+2. The molecule has 0 aliphatic heterocycles. The zero-order chi connectivity index (χ0) is 60.0. The molecule has 426 valence electrons. The maximum Gasteiger partial charge on any atom is 4.00 e. The van der Waals surface area contributed by atoms with E-state index in [1.165, 1.54) is 0 Å². The number of benzene rings is 10. The van der Waals surface area contributed by atoms with E-state index in [1.807, 2.05) is 274 Å². The molecule has 0 amide bonds. The van der Waals surface area contributed by atoms with Gasteiger partial charge in [0.2, 0.25) is 0 Å². The molecule has 2 aliphatic rings. The Labute approximate surface area is 524 Å². The summed E-state index contributed by atoms with van der Waals surface area (Å²) in [5.41, 5.74) is 12.1. The van der Waals surface area contributed by atoms with Crippen LogP contribution in [0.2, 0.25) is 0 Å². The molecule has 7 heteroatoms. The Morgan fingerprint density at radius 3 is 0.929 bits per heavy atom. The summed E-state index contributed by atoms with van der Waals surface area (Å²) >= 11 is 0. The molecule has 10 aromatic rings. The van der Waals surface area contributed by atoms with Crippen LogP contribution in [0.25, 0.3) is 22.3 Å². The van der Waals surface area contributed by atoms with Gasteiger partial charge in [0.1, 0.15) is 22.3 Å². The first-order valence-electron chi connectivity index (χ1n) is 29.2. The molecule has 0 radical (unpaired) electrons. The molecule has 0 aromatic heterocycles. The maximum absolute atomic E-state index is 15.5. The van der Waals surface area contributed by atoms with Crippen molar-refractivity contribution in [3.63, 3.8) is 0 Å². The Morgan fingerprint density at radius 1 is 0.388 bits per heavy atom. The molecule has 0 bridgehead atoms. The number of hydrogen-bond donors (Lipinski definition) is 2. The minimum atomic E-state index is -1.33. The number of fused-ring (bicyclic) bond motifs is 6. The van der Waals surface area contributed by atoms with Crippen molar-refractivity contribution in [2.24, 2.45) is 0 Å². The zero-order valence-electron chi connectivity index (χ0n) is 50.4. The summed E-state index contributed by atoms with van der Waals surface area (Å²) in [5, 5.41) is 25.8. The third-order valence-electron chi connectivity index (χ3n) is 15.5. The normalized spacial score (nSPS) is 12.3. The predicted molar refractivity (Wildman–Crippen MR) is 348 cm³/mol. The van der Waals surface area contributed by atoms with Gasteiger partial charge in [0.15, 0.2) is 11.6 Å². The van der Waals surface area contributed by atoms with Crippen molar-refractivity contribution in [3.05, 3.63) is 334 Å². The minimum Gasteiger partial charge on any atom is -0.507 e. The van der Waals surface area contributed by atoms with Gasteiger partial charge in [0, 0.05) is 59.6 Å². The van der Waals surface area contributed by atoms with Crippen LogP contribution in [0.3, 0.4) is 0 Å². The maximum atomic E-state index is 15.5. The average molecular weight is 1290 g/mol. The Balaban J connectivity index is 0.000000472. The predicted octanol–water partition coefficient (Wildman–Crippen LogP) is 17.5. The van der Waals surface area contributed by atoms with Crippen LogP contribution in [-0.4, -0.2) is 58.8 Å². The first-order valence-corrected chi connectivity index (χ1v) is 29.2. The van der Waals surface area contributed by atoms with Gasteiger partial charge in [0.25, 0.3) is 0 Å². The van der Waals surface area contributed by atoms with Crippen molar-refractivity contribution in [3.8, 4) is 33.8 Å². The minimum absolute atomic E-state index is 0. The number of likely N-dealkylation sites (N-methyl/N-ethyl adjacent to an activating group) is 1. The molecule has 85 heavy (non-hydrogen) atoms. The van der Waals surface area contributed by atoms with Crippen molar-refractivity contribution < 1.29 is 45.6 Å². The summed E-state index contributed by atoms with van der Waals surface area (Å²) in [6.45, 7) is 21.4. The first kappa shape index (κ1) is 64.2. The first-order chi connectivity index (χ1) is 40.8. The summed E-state index contributed by atoms with van der Waals surface area (Å²) in [5.74, 6) is -0.0925. The van der Waals surface area contributed by atoms with Gasteiger partial charge >= 0.3 is 25.8 Å². The van der Waals surface area contributed by atoms with Gasteiger partial charge in [-0.3, -0.25) is 14.5 Å². The molecule has 10 aromatic carbocycles. The molecule has 0 spiro atoms. The van der Waals surface area contributed by atoms with Crippen molar-refractivity contribution in [1.29, 1.82) is 0 Å². The van der Waals surface area contributed by atoms with E-state index in [2.05, 4.69) is 47.9 Å². The largest absolute Gasteiger partial charge is 4.00 e. The second-order valence-corrected chi connectivity index (χ2v) is 21.2. The van der Waals surface area contributed by atoms with Crippen LogP contribution in [0, 0.1) is 27.7 Å². The summed E-state index contributed by atoms with van der Waals surface area (Å²) in [7, 11) is 4.06. The third-order valence-corrected chi connectivity index (χ3v) is 15.5. The molecule has 12 rings (SSSR count). The van der Waals surface area contributed by atoms with E-state index < -0.39 is 10.8 Å². The van der Waals surface area contributed by atoms with Gasteiger partial charge in [-0.1, -0.05) is 233 Å². The number of carbonyl (C=O) groups excluding carboxylic acids is 2. The van der Waals surface area contributed by atoms with Crippen LogP contribution in [-0.2, 0) is 49.8 Å². The van der Waals surface area contributed by atoms with Crippen LogP contribution >= 0.6 is 0 Å². The molecule has 0 unspecified atom stereocenters. The van der Waals surface area contributed by atoms with Gasteiger partial charge in [-0.25, -0.2) is 0 Å². The van der Waals surface area contributed by atoms with Crippen LogP contribution in [0.15, 0.2) is 243 Å². The Bertz CT molecular complexity index is 3490. The van der Waals surface area contributed by atoms with E-state index in [1.54, 1.807) is 0 Å². The molecule has 0 fully saturated rings. The van der Waals surface area contributed by atoms with E-state index in [-0.39, 0.29) is 48.9 Å². The topological polar surface area (TPSA) is 81.1 Å². The summed E-state index contributed by atoms with van der Waals surface area (Å²) < 4.78 is 0. The number of hydrogen-bond acceptors (Lipinski definition) is 6. The SMILES string of the molecule is CC.CC.Cc1cc(CN(CCN(C)C)Cc2cc(C)cc(C3(C(=O)c4ccccc4)c4ccccc4-c4ccccc43)c2O)c(O)c(C2(C(=O)c3ccccc3)c3ccccc3-c3ccccc32)c1.[CH2-]c1ccccc1.[CH2-]c1ccccc1.[Hf+4]. The van der Waals surface area contributed by atoms with E-state index in [4.69, 9.17) is 0 Å². The van der Waals surface area contributed by atoms with Gasteiger partial charge in [-0.05, 0) is 72.5 Å². The number of aryl methyl sites for hydroxylation is 2. The smallest absolute Gasteiger partial charge is 0.507 e. The monoisotopic (exact) mass is 1290 g/mol. The van der Waals surface area contributed by atoms with Gasteiger partial charge in [0.05, 0.1) is 0 Å². The number of nitrogens with zero attached hydrogens (tertiary/aromatic N) is 2. The van der Waals surface area contributed by atoms with Crippen LogP contribution in [0.5, 0.6) is 11.5 Å². The quantitative estimate of drug-likeness (QED) is 0.0680. The van der Waals surface area contributed by atoms with E-state index in [0.717, 1.165) is 66.8 Å². The standard InChI is InChI=1S/C60H52N2O4.2C7H7.2C2H6.Hf/c1-39-33-43(55(63)53(35-39)59(57(65)41-19-7-5-8-20-41)49-27-15-11-23-45(49)46-24-12-16-28-50(46)59)37-62(32-31-61(3)4)38-44-34-40(2)36-54(56(44)64)60(58(66)42-21-9-6-10-22-42)51-29-17-13-25-47(51)48-26-14-18-30-52(48)60;2*1-7-5-3-2-4-6-7;2*1-2;/h5-30,33-36,63-64H,31-32,37-38H2,1-4H3;2*2-6H,1H2;2*1-2H3;/q;2*-1;;;+4. The number of aromatic hydroxyl groups is 2. The zero-order valence-corrected chi connectivity index (χ0v) is 54.0. The van der Waals surface area contributed by atoms with E-state index >= 15 is 9.59 Å². The number of phenolic OH excluding ortho intramolecular Hbond substituents is 2. The van der Waals surface area contributed by atoms with Crippen molar-refractivity contribution in [2.75, 3.05) is 27.2 Å². The van der Waals surface area contributed by atoms with Gasteiger partial charge in [-0.2, -0.15) is 49.2 Å². The van der Waals surface area contributed by atoms with Crippen LogP contribution < -0.4 is 0 Å². The second kappa shape index (κ2) is 29.5. The molecular weight excluding hydrogens is 1210 g/mol. The fourth-order valence-electron chi connectivity index (χ4n) is 11.9. The fraction of sp³-hybridized carbons (Fsp3) is 0.179. The Morgan fingerprint density at radius 2 is 0.659 bits per heavy atom. The van der Waals surface area contributed by atoms with Crippen LogP contribution in [0.1, 0.15) is 115 Å². The van der Waals surface area contributed by atoms with Crippen molar-refractivity contribution in [1.82, 2.24) is 9.80 Å².